The van der Waals surface area contributed by atoms with Crippen molar-refractivity contribution in [2.24, 2.45) is 0 Å². The Morgan fingerprint density at radius 1 is 1.44 bits per heavy atom. The maximum atomic E-state index is 11.0. The van der Waals surface area contributed by atoms with Crippen LogP contribution in [0.25, 0.3) is 0 Å². The summed E-state index contributed by atoms with van der Waals surface area (Å²) >= 11 is 0. The van der Waals surface area contributed by atoms with E-state index in [1.165, 1.54) is 19.2 Å². The molecule has 0 atom stereocenters. The quantitative estimate of drug-likeness (QED) is 0.517. The van der Waals surface area contributed by atoms with Crippen LogP contribution in [0.1, 0.15) is 10.4 Å². The fourth-order valence-electron chi connectivity index (χ4n) is 1.23. The summed E-state index contributed by atoms with van der Waals surface area (Å²) in [6, 6.07) is 3.42. The molecule has 1 aromatic rings. The average Bonchev–Trinajstić information content (AvgIpc) is 2.35. The first kappa shape index (κ1) is 13.4. The van der Waals surface area contributed by atoms with Crippen LogP contribution in [0.4, 0.5) is 11.4 Å². The van der Waals surface area contributed by atoms with Crippen LogP contribution >= 0.6 is 0 Å². The van der Waals surface area contributed by atoms with Gasteiger partial charge in [0.1, 0.15) is 5.69 Å². The minimum atomic E-state index is -1.25. The van der Waals surface area contributed by atoms with E-state index in [0.717, 1.165) is 6.07 Å². The number of nitrogens with zero attached hydrogens (tertiary/aromatic N) is 1. The second-order valence-electron chi connectivity index (χ2n) is 3.32. The number of carbonyl (C=O) groups is 2. The van der Waals surface area contributed by atoms with E-state index >= 15 is 0 Å². The van der Waals surface area contributed by atoms with Crippen LogP contribution in [0.15, 0.2) is 18.2 Å². The van der Waals surface area contributed by atoms with Crippen LogP contribution in [0.5, 0.6) is 0 Å². The summed E-state index contributed by atoms with van der Waals surface area (Å²) in [7, 11) is 1.44. The van der Waals surface area contributed by atoms with E-state index in [1.807, 2.05) is 0 Å². The summed E-state index contributed by atoms with van der Waals surface area (Å²) in [5.74, 6) is -1.59. The lowest BCUT2D eigenvalue weighted by Crippen LogP contribution is -2.26. The van der Waals surface area contributed by atoms with Crippen molar-refractivity contribution in [2.75, 3.05) is 18.9 Å². The number of hydrogen-bond acceptors (Lipinski definition) is 5. The molecule has 3 N–H and O–H groups in total. The minimum Gasteiger partial charge on any atom is -0.478 e. The molecule has 8 nitrogen and oxygen atoms in total. The highest BCUT2D eigenvalue weighted by Gasteiger charge is 2.17. The van der Waals surface area contributed by atoms with Crippen molar-refractivity contribution in [3.8, 4) is 0 Å². The number of nitro groups is 1. The van der Waals surface area contributed by atoms with E-state index in [9.17, 15) is 19.7 Å². The molecule has 96 valence electrons. The number of amides is 1. The molecule has 0 saturated heterocycles. The number of benzene rings is 1. The van der Waals surface area contributed by atoms with Gasteiger partial charge >= 0.3 is 5.97 Å². The first-order valence-electron chi connectivity index (χ1n) is 4.92. The molecule has 18 heavy (non-hydrogen) atoms. The molecule has 0 heterocycles. The second-order valence-corrected chi connectivity index (χ2v) is 3.32. The average molecular weight is 253 g/mol. The van der Waals surface area contributed by atoms with E-state index in [1.54, 1.807) is 0 Å². The highest BCUT2D eigenvalue weighted by molar-refractivity contribution is 5.90. The summed E-state index contributed by atoms with van der Waals surface area (Å²) in [6.45, 7) is -0.135. The van der Waals surface area contributed by atoms with Gasteiger partial charge in [0, 0.05) is 13.1 Å². The van der Waals surface area contributed by atoms with Gasteiger partial charge in [-0.05, 0) is 12.1 Å². The molecule has 0 aliphatic rings. The number of hydrogen-bond donors (Lipinski definition) is 3. The molecule has 0 aliphatic carbocycles. The molecule has 1 rings (SSSR count). The highest BCUT2D eigenvalue weighted by Crippen LogP contribution is 2.25. The Bertz CT molecular complexity index is 500. The summed E-state index contributed by atoms with van der Waals surface area (Å²) in [4.78, 5) is 31.8. The van der Waals surface area contributed by atoms with E-state index in [2.05, 4.69) is 10.6 Å². The third-order valence-electron chi connectivity index (χ3n) is 2.16. The first-order valence-corrected chi connectivity index (χ1v) is 4.92. The van der Waals surface area contributed by atoms with Gasteiger partial charge in [-0.3, -0.25) is 14.9 Å². The fraction of sp³-hybridized carbons (Fsp3) is 0.200. The molecule has 0 unspecified atom stereocenters. The summed E-state index contributed by atoms with van der Waals surface area (Å²) in [5, 5.41) is 24.4. The maximum absolute atomic E-state index is 11.0. The van der Waals surface area contributed by atoms with Gasteiger partial charge in [0.25, 0.3) is 5.69 Å². The molecule has 0 aromatic heterocycles. The van der Waals surface area contributed by atoms with Crippen molar-refractivity contribution >= 4 is 23.3 Å². The van der Waals surface area contributed by atoms with E-state index < -0.39 is 10.9 Å². The van der Waals surface area contributed by atoms with Gasteiger partial charge in [-0.15, -0.1) is 0 Å². The van der Waals surface area contributed by atoms with Gasteiger partial charge < -0.3 is 15.7 Å². The molecule has 0 saturated carbocycles. The number of rotatable bonds is 5. The van der Waals surface area contributed by atoms with Gasteiger partial charge in [0.05, 0.1) is 17.0 Å². The van der Waals surface area contributed by atoms with Gasteiger partial charge in [-0.2, -0.15) is 0 Å². The maximum Gasteiger partial charge on any atom is 0.335 e. The zero-order valence-corrected chi connectivity index (χ0v) is 9.47. The van der Waals surface area contributed by atoms with Crippen LogP contribution < -0.4 is 10.6 Å². The molecule has 0 fully saturated rings. The van der Waals surface area contributed by atoms with Gasteiger partial charge in [-0.25, -0.2) is 4.79 Å². The topological polar surface area (TPSA) is 122 Å². The number of carboxylic acid groups (broad SMARTS) is 1. The Morgan fingerprint density at radius 2 is 2.11 bits per heavy atom. The predicted molar refractivity (Wildman–Crippen MR) is 62.6 cm³/mol. The zero-order chi connectivity index (χ0) is 13.7. The minimum absolute atomic E-state index is 0.0913. The third-order valence-corrected chi connectivity index (χ3v) is 2.16. The van der Waals surface area contributed by atoms with Crippen LogP contribution in [0, 0.1) is 10.1 Å². The number of carboxylic acids is 1. The Balaban J connectivity index is 3.00. The largest absolute Gasteiger partial charge is 0.478 e. The van der Waals surface area contributed by atoms with Crippen LogP contribution in [-0.2, 0) is 4.79 Å². The molecule has 8 heteroatoms. The number of nitrogens with one attached hydrogen (secondary N) is 2. The SMILES string of the molecule is CNC(=O)CNc1ccc(C(=O)O)cc1[N+](=O)[O-]. The van der Waals surface area contributed by atoms with Crippen molar-refractivity contribution in [1.29, 1.82) is 0 Å². The van der Waals surface area contributed by atoms with Crippen LogP contribution in [0.3, 0.4) is 0 Å². The molecular weight excluding hydrogens is 242 g/mol. The third kappa shape index (κ3) is 3.17. The monoisotopic (exact) mass is 253 g/mol. The lowest BCUT2D eigenvalue weighted by molar-refractivity contribution is -0.384. The first-order chi connectivity index (χ1) is 8.45. The van der Waals surface area contributed by atoms with Crippen molar-refractivity contribution in [1.82, 2.24) is 5.32 Å². The number of nitro benzene ring substituents is 1. The lowest BCUT2D eigenvalue weighted by atomic mass is 10.1. The van der Waals surface area contributed by atoms with Crippen molar-refractivity contribution in [3.05, 3.63) is 33.9 Å². The molecule has 0 aliphatic heterocycles. The standard InChI is InChI=1S/C10H11N3O5/c1-11-9(14)5-12-7-3-2-6(10(15)16)4-8(7)13(17)18/h2-4,12H,5H2,1H3,(H,11,14)(H,15,16). The lowest BCUT2D eigenvalue weighted by Gasteiger charge is -2.06. The Labute approximate surface area is 102 Å². The Kier molecular flexibility index (Phi) is 4.19. The van der Waals surface area contributed by atoms with Crippen LogP contribution in [0.2, 0.25) is 0 Å². The number of likely N-dealkylation sites (N-methyl/N-ethyl adjacent to an activating group) is 1. The molecule has 0 bridgehead atoms. The van der Waals surface area contributed by atoms with Gasteiger partial charge in [0.15, 0.2) is 0 Å². The Morgan fingerprint density at radius 3 is 2.61 bits per heavy atom. The number of anilines is 1. The second kappa shape index (κ2) is 5.62. The van der Waals surface area contributed by atoms with Crippen LogP contribution in [-0.4, -0.2) is 35.5 Å². The summed E-state index contributed by atoms with van der Waals surface area (Å²) < 4.78 is 0. The van der Waals surface area contributed by atoms with Crippen molar-refractivity contribution in [3.63, 3.8) is 0 Å². The highest BCUT2D eigenvalue weighted by atomic mass is 16.6. The molecule has 0 spiro atoms. The van der Waals surface area contributed by atoms with Crippen molar-refractivity contribution in [2.45, 2.75) is 0 Å². The van der Waals surface area contributed by atoms with E-state index in [0.29, 0.717) is 0 Å². The Hall–Kier alpha value is -2.64. The molecule has 0 radical (unpaired) electrons. The smallest absolute Gasteiger partial charge is 0.335 e. The number of aromatic carboxylic acids is 1. The normalized spacial score (nSPS) is 9.61. The summed E-state index contributed by atoms with van der Waals surface area (Å²) in [5.41, 5.74) is -0.486. The van der Waals surface area contributed by atoms with E-state index in [-0.39, 0.29) is 29.4 Å². The number of carbonyl (C=O) groups excluding carboxylic acids is 1. The summed E-state index contributed by atoms with van der Waals surface area (Å²) in [6.07, 6.45) is 0. The van der Waals surface area contributed by atoms with E-state index in [4.69, 9.17) is 5.11 Å². The van der Waals surface area contributed by atoms with Gasteiger partial charge in [-0.1, -0.05) is 0 Å². The predicted octanol–water partition coefficient (Wildman–Crippen LogP) is 0.451. The van der Waals surface area contributed by atoms with Crippen molar-refractivity contribution < 1.29 is 19.6 Å². The molecule has 1 amide bonds. The molecule has 1 aromatic carbocycles. The molecular formula is C10H11N3O5. The van der Waals surface area contributed by atoms with Gasteiger partial charge in [0.2, 0.25) is 5.91 Å². The zero-order valence-electron chi connectivity index (χ0n) is 9.47. The fourth-order valence-corrected chi connectivity index (χ4v) is 1.23.